The van der Waals surface area contributed by atoms with E-state index in [0.29, 0.717) is 11.1 Å². The Bertz CT molecular complexity index is 1130. The molecule has 0 spiro atoms. The lowest BCUT2D eigenvalue weighted by Crippen LogP contribution is -2.18. The van der Waals surface area contributed by atoms with Gasteiger partial charge in [-0.15, -0.1) is 0 Å². The lowest BCUT2D eigenvalue weighted by Gasteiger charge is -2.04. The molecule has 0 saturated heterocycles. The Hall–Kier alpha value is -4.80. The number of carbonyl (C=O) groups is 2. The minimum atomic E-state index is -0.711. The van der Waals surface area contributed by atoms with Gasteiger partial charge in [0.15, 0.2) is 34.5 Å². The van der Waals surface area contributed by atoms with Crippen LogP contribution >= 0.6 is 0 Å². The Morgan fingerprint density at radius 2 is 1.21 bits per heavy atom. The number of carbonyl (C=O) groups excluding carboxylic acids is 2. The molecule has 0 bridgehead atoms. The van der Waals surface area contributed by atoms with Crippen LogP contribution in [0.2, 0.25) is 0 Å². The molecule has 3 aromatic rings. The molecular weight excluding hydrogens is 432 g/mol. The van der Waals surface area contributed by atoms with Crippen molar-refractivity contribution in [2.24, 2.45) is 10.2 Å². The third kappa shape index (κ3) is 5.47. The number of hydrogen-bond acceptors (Lipinski definition) is 9. The van der Waals surface area contributed by atoms with Crippen LogP contribution in [0.15, 0.2) is 63.2 Å². The molecule has 170 valence electrons. The normalized spacial score (nSPS) is 11.0. The predicted octanol–water partition coefficient (Wildman–Crippen LogP) is 2.24. The lowest BCUT2D eigenvalue weighted by atomic mass is 10.2. The Kier molecular flexibility index (Phi) is 7.27. The fourth-order valence-corrected chi connectivity index (χ4v) is 2.63. The monoisotopic (exact) mass is 452 g/mol. The van der Waals surface area contributed by atoms with Crippen molar-refractivity contribution >= 4 is 24.2 Å². The second-order valence-corrected chi connectivity index (χ2v) is 6.36. The summed E-state index contributed by atoms with van der Waals surface area (Å²) in [6.45, 7) is 0. The largest absolute Gasteiger partial charge is 0.504 e. The van der Waals surface area contributed by atoms with Gasteiger partial charge in [-0.05, 0) is 36.4 Å². The van der Waals surface area contributed by atoms with E-state index in [9.17, 15) is 19.8 Å². The number of rotatable bonds is 8. The van der Waals surface area contributed by atoms with E-state index in [1.165, 1.54) is 38.8 Å². The van der Waals surface area contributed by atoms with Gasteiger partial charge in [-0.3, -0.25) is 9.59 Å². The van der Waals surface area contributed by atoms with Crippen LogP contribution in [0.3, 0.4) is 0 Å². The maximum absolute atomic E-state index is 12.2. The van der Waals surface area contributed by atoms with E-state index in [4.69, 9.17) is 13.9 Å². The zero-order chi connectivity index (χ0) is 23.8. The summed E-state index contributed by atoms with van der Waals surface area (Å²) in [6.07, 6.45) is 2.46. The summed E-state index contributed by atoms with van der Waals surface area (Å²) in [5.74, 6) is -1.49. The van der Waals surface area contributed by atoms with Crippen LogP contribution in [-0.2, 0) is 0 Å². The zero-order valence-electron chi connectivity index (χ0n) is 17.6. The second-order valence-electron chi connectivity index (χ2n) is 6.36. The Balaban J connectivity index is 1.59. The average molecular weight is 452 g/mol. The maximum atomic E-state index is 12.2. The molecule has 33 heavy (non-hydrogen) atoms. The van der Waals surface area contributed by atoms with Crippen LogP contribution in [0.1, 0.15) is 32.2 Å². The van der Waals surface area contributed by atoms with Crippen LogP contribution in [0.25, 0.3) is 0 Å². The number of nitrogens with zero attached hydrogens (tertiary/aromatic N) is 2. The quantitative estimate of drug-likeness (QED) is 0.302. The molecule has 0 aliphatic carbocycles. The predicted molar refractivity (Wildman–Crippen MR) is 118 cm³/mol. The van der Waals surface area contributed by atoms with Crippen LogP contribution < -0.4 is 20.3 Å². The number of hydrogen-bond donors (Lipinski definition) is 4. The number of hydrazone groups is 2. The highest BCUT2D eigenvalue weighted by molar-refractivity contribution is 5.96. The minimum absolute atomic E-state index is 0.127. The number of aromatic hydroxyl groups is 2. The van der Waals surface area contributed by atoms with E-state index in [1.54, 1.807) is 36.4 Å². The van der Waals surface area contributed by atoms with E-state index in [2.05, 4.69) is 21.1 Å². The van der Waals surface area contributed by atoms with E-state index >= 15 is 0 Å². The Morgan fingerprint density at radius 1 is 0.788 bits per heavy atom. The van der Waals surface area contributed by atoms with Gasteiger partial charge in [0.1, 0.15) is 0 Å². The van der Waals surface area contributed by atoms with Gasteiger partial charge < -0.3 is 24.1 Å². The number of furan rings is 1. The third-order valence-electron chi connectivity index (χ3n) is 4.29. The number of phenolic OH excluding ortho intramolecular Hbond substituents is 2. The van der Waals surface area contributed by atoms with Gasteiger partial charge in [0, 0.05) is 11.1 Å². The first-order valence-electron chi connectivity index (χ1n) is 9.43. The lowest BCUT2D eigenvalue weighted by molar-refractivity contribution is 0.0902. The van der Waals surface area contributed by atoms with Crippen LogP contribution in [0.5, 0.6) is 23.0 Å². The van der Waals surface area contributed by atoms with Gasteiger partial charge in [-0.25, -0.2) is 10.9 Å². The van der Waals surface area contributed by atoms with Crippen molar-refractivity contribution in [1.82, 2.24) is 10.9 Å². The second kappa shape index (κ2) is 10.5. The number of ether oxygens (including phenoxy) is 2. The van der Waals surface area contributed by atoms with E-state index in [1.807, 2.05) is 0 Å². The van der Waals surface area contributed by atoms with Crippen LogP contribution in [0, 0.1) is 0 Å². The summed E-state index contributed by atoms with van der Waals surface area (Å²) in [7, 11) is 2.83. The van der Waals surface area contributed by atoms with E-state index < -0.39 is 11.8 Å². The number of benzene rings is 2. The number of phenols is 2. The summed E-state index contributed by atoms with van der Waals surface area (Å²) in [5, 5.41) is 27.5. The summed E-state index contributed by atoms with van der Waals surface area (Å²) >= 11 is 0. The first-order chi connectivity index (χ1) is 15.9. The van der Waals surface area contributed by atoms with Gasteiger partial charge in [0.2, 0.25) is 0 Å². The molecule has 3 rings (SSSR count). The highest BCUT2D eigenvalue weighted by Gasteiger charge is 2.15. The molecule has 0 aliphatic heterocycles. The molecule has 1 heterocycles. The van der Waals surface area contributed by atoms with Gasteiger partial charge in [0.05, 0.1) is 26.6 Å². The molecule has 0 fully saturated rings. The first kappa shape index (κ1) is 22.9. The topological polar surface area (TPSA) is 155 Å². The fourth-order valence-electron chi connectivity index (χ4n) is 2.63. The Labute approximate surface area is 187 Å². The van der Waals surface area contributed by atoms with Gasteiger partial charge >= 0.3 is 11.8 Å². The zero-order valence-corrected chi connectivity index (χ0v) is 17.6. The molecule has 0 radical (unpaired) electrons. The number of para-hydroxylation sites is 2. The molecule has 2 aromatic carbocycles. The number of methoxy groups -OCH3 is 2. The van der Waals surface area contributed by atoms with E-state index in [-0.39, 0.29) is 34.5 Å². The number of amides is 2. The van der Waals surface area contributed by atoms with Gasteiger partial charge in [0.25, 0.3) is 0 Å². The molecule has 4 N–H and O–H groups in total. The minimum Gasteiger partial charge on any atom is -0.504 e. The highest BCUT2D eigenvalue weighted by Crippen LogP contribution is 2.28. The smallest absolute Gasteiger partial charge is 0.307 e. The summed E-state index contributed by atoms with van der Waals surface area (Å²) in [5.41, 5.74) is 5.12. The standard InChI is InChI=1S/C22H20N4O7/c1-31-15-7-3-5-13(19(15)27)11-23-25-21(29)17-9-10-18(33-17)22(30)26-24-12-14-6-4-8-16(32-2)20(14)28/h3-12,27-28H,1-2H3,(H,25,29)(H,26,30)/b23-11+,24-12+. The number of nitrogens with one attached hydrogen (secondary N) is 2. The summed E-state index contributed by atoms with van der Waals surface area (Å²) in [4.78, 5) is 24.3. The summed E-state index contributed by atoms with van der Waals surface area (Å²) < 4.78 is 15.2. The summed E-state index contributed by atoms with van der Waals surface area (Å²) in [6, 6.07) is 12.2. The SMILES string of the molecule is COc1cccc(/C=N/NC(=O)c2ccc(C(=O)N/N=C/c3cccc(OC)c3O)o2)c1O. The fraction of sp³-hybridized carbons (Fsp3) is 0.0909. The van der Waals surface area contributed by atoms with Crippen molar-refractivity contribution in [1.29, 1.82) is 0 Å². The molecule has 0 atom stereocenters. The maximum Gasteiger partial charge on any atom is 0.307 e. The molecule has 1 aromatic heterocycles. The molecule has 11 heteroatoms. The van der Waals surface area contributed by atoms with Crippen LogP contribution in [-0.4, -0.2) is 48.7 Å². The van der Waals surface area contributed by atoms with Crippen molar-refractivity contribution < 1.29 is 33.7 Å². The third-order valence-corrected chi connectivity index (χ3v) is 4.29. The molecule has 0 saturated carbocycles. The molecule has 2 amide bonds. The molecule has 0 unspecified atom stereocenters. The average Bonchev–Trinajstić information content (AvgIpc) is 3.32. The van der Waals surface area contributed by atoms with Gasteiger partial charge in [-0.2, -0.15) is 10.2 Å². The molecular formula is C22H20N4O7. The van der Waals surface area contributed by atoms with Crippen molar-refractivity contribution in [3.63, 3.8) is 0 Å². The van der Waals surface area contributed by atoms with Crippen molar-refractivity contribution in [3.05, 3.63) is 71.2 Å². The van der Waals surface area contributed by atoms with Crippen LogP contribution in [0.4, 0.5) is 0 Å². The first-order valence-corrected chi connectivity index (χ1v) is 9.43. The molecule has 0 aliphatic rings. The van der Waals surface area contributed by atoms with E-state index in [0.717, 1.165) is 0 Å². The Morgan fingerprint density at radius 3 is 1.61 bits per heavy atom. The van der Waals surface area contributed by atoms with Crippen molar-refractivity contribution in [3.8, 4) is 23.0 Å². The molecule has 11 nitrogen and oxygen atoms in total. The van der Waals surface area contributed by atoms with Crippen molar-refractivity contribution in [2.75, 3.05) is 14.2 Å². The van der Waals surface area contributed by atoms with Crippen molar-refractivity contribution in [2.45, 2.75) is 0 Å². The van der Waals surface area contributed by atoms with Gasteiger partial charge in [-0.1, -0.05) is 12.1 Å². The highest BCUT2D eigenvalue weighted by atomic mass is 16.5.